The molecule has 3 nitrogen and oxygen atoms in total. The van der Waals surface area contributed by atoms with Crippen molar-refractivity contribution in [1.82, 2.24) is 5.32 Å². The van der Waals surface area contributed by atoms with E-state index in [9.17, 15) is 5.11 Å². The lowest BCUT2D eigenvalue weighted by Crippen LogP contribution is -2.38. The van der Waals surface area contributed by atoms with Gasteiger partial charge in [-0.15, -0.1) is 0 Å². The van der Waals surface area contributed by atoms with E-state index in [1.807, 2.05) is 12.1 Å². The molecule has 2 atom stereocenters. The SMILES string of the molecule is CC(NC1CCCOC1)c1cccc(O)c1. The zero-order valence-electron chi connectivity index (χ0n) is 9.65. The second-order valence-corrected chi connectivity index (χ2v) is 4.40. The highest BCUT2D eigenvalue weighted by Gasteiger charge is 2.16. The van der Waals surface area contributed by atoms with Crippen molar-refractivity contribution in [2.45, 2.75) is 31.8 Å². The van der Waals surface area contributed by atoms with Crippen molar-refractivity contribution >= 4 is 0 Å². The molecule has 0 radical (unpaired) electrons. The second-order valence-electron chi connectivity index (χ2n) is 4.40. The minimum absolute atomic E-state index is 0.249. The fraction of sp³-hybridized carbons (Fsp3) is 0.538. The highest BCUT2D eigenvalue weighted by atomic mass is 16.5. The maximum absolute atomic E-state index is 9.42. The van der Waals surface area contributed by atoms with Crippen LogP contribution in [0.25, 0.3) is 0 Å². The van der Waals surface area contributed by atoms with Crippen molar-refractivity contribution in [3.63, 3.8) is 0 Å². The van der Waals surface area contributed by atoms with Crippen molar-refractivity contribution in [2.75, 3.05) is 13.2 Å². The molecule has 1 saturated heterocycles. The van der Waals surface area contributed by atoms with Crippen LogP contribution in [0.5, 0.6) is 5.75 Å². The van der Waals surface area contributed by atoms with Gasteiger partial charge in [-0.3, -0.25) is 0 Å². The third-order valence-corrected chi connectivity index (χ3v) is 3.02. The lowest BCUT2D eigenvalue weighted by Gasteiger charge is -2.27. The molecule has 0 aliphatic carbocycles. The molecule has 1 aliphatic heterocycles. The Balaban J connectivity index is 1.94. The Morgan fingerprint density at radius 3 is 3.06 bits per heavy atom. The molecular weight excluding hydrogens is 202 g/mol. The predicted molar refractivity (Wildman–Crippen MR) is 63.5 cm³/mol. The van der Waals surface area contributed by atoms with E-state index >= 15 is 0 Å². The van der Waals surface area contributed by atoms with Gasteiger partial charge in [0.05, 0.1) is 6.61 Å². The van der Waals surface area contributed by atoms with Gasteiger partial charge in [0.25, 0.3) is 0 Å². The molecule has 1 aromatic carbocycles. The van der Waals surface area contributed by atoms with E-state index in [0.717, 1.165) is 25.2 Å². The first-order chi connectivity index (χ1) is 7.75. The molecule has 3 heteroatoms. The second kappa shape index (κ2) is 5.32. The van der Waals surface area contributed by atoms with Gasteiger partial charge < -0.3 is 15.2 Å². The molecule has 0 aromatic heterocycles. The summed E-state index contributed by atoms with van der Waals surface area (Å²) in [5, 5.41) is 12.9. The van der Waals surface area contributed by atoms with E-state index in [1.165, 1.54) is 6.42 Å². The summed E-state index contributed by atoms with van der Waals surface area (Å²) in [5.41, 5.74) is 1.12. The van der Waals surface area contributed by atoms with E-state index in [4.69, 9.17) is 4.74 Å². The first-order valence-electron chi connectivity index (χ1n) is 5.88. The van der Waals surface area contributed by atoms with Crippen LogP contribution >= 0.6 is 0 Å². The smallest absolute Gasteiger partial charge is 0.115 e. The predicted octanol–water partition coefficient (Wildman–Crippen LogP) is 2.22. The molecular formula is C13H19NO2. The van der Waals surface area contributed by atoms with Crippen LogP contribution in [0.2, 0.25) is 0 Å². The van der Waals surface area contributed by atoms with Gasteiger partial charge in [-0.1, -0.05) is 12.1 Å². The summed E-state index contributed by atoms with van der Waals surface area (Å²) in [6, 6.07) is 8.09. The number of hydrogen-bond acceptors (Lipinski definition) is 3. The molecule has 0 bridgehead atoms. The summed E-state index contributed by atoms with van der Waals surface area (Å²) in [5.74, 6) is 0.325. The number of aromatic hydroxyl groups is 1. The first kappa shape index (κ1) is 11.4. The third-order valence-electron chi connectivity index (χ3n) is 3.02. The Morgan fingerprint density at radius 2 is 2.38 bits per heavy atom. The van der Waals surface area contributed by atoms with Crippen LogP contribution in [-0.2, 0) is 4.74 Å². The van der Waals surface area contributed by atoms with Crippen LogP contribution in [0.1, 0.15) is 31.4 Å². The van der Waals surface area contributed by atoms with Gasteiger partial charge >= 0.3 is 0 Å². The molecule has 0 amide bonds. The van der Waals surface area contributed by atoms with Gasteiger partial charge in [0.15, 0.2) is 0 Å². The molecule has 2 rings (SSSR count). The van der Waals surface area contributed by atoms with Gasteiger partial charge in [0.1, 0.15) is 5.75 Å². The lowest BCUT2D eigenvalue weighted by atomic mass is 10.0. The number of ether oxygens (including phenoxy) is 1. The molecule has 88 valence electrons. The van der Waals surface area contributed by atoms with Gasteiger partial charge in [-0.2, -0.15) is 0 Å². The van der Waals surface area contributed by atoms with Gasteiger partial charge in [0, 0.05) is 18.7 Å². The summed E-state index contributed by atoms with van der Waals surface area (Å²) in [4.78, 5) is 0. The van der Waals surface area contributed by atoms with Crippen LogP contribution in [0, 0.1) is 0 Å². The number of benzene rings is 1. The van der Waals surface area contributed by atoms with Crippen molar-refractivity contribution in [3.05, 3.63) is 29.8 Å². The number of phenols is 1. The fourth-order valence-electron chi connectivity index (χ4n) is 2.12. The zero-order valence-corrected chi connectivity index (χ0v) is 9.65. The molecule has 1 fully saturated rings. The van der Waals surface area contributed by atoms with Crippen LogP contribution in [0.15, 0.2) is 24.3 Å². The summed E-state index contributed by atoms with van der Waals surface area (Å²) in [6.07, 6.45) is 2.30. The fourth-order valence-corrected chi connectivity index (χ4v) is 2.12. The highest BCUT2D eigenvalue weighted by molar-refractivity contribution is 5.29. The Bertz CT molecular complexity index is 334. The van der Waals surface area contributed by atoms with Crippen LogP contribution in [-0.4, -0.2) is 24.4 Å². The summed E-state index contributed by atoms with van der Waals surface area (Å²) < 4.78 is 5.43. The average Bonchev–Trinajstić information content (AvgIpc) is 2.30. The van der Waals surface area contributed by atoms with Crippen molar-refractivity contribution < 1.29 is 9.84 Å². The summed E-state index contributed by atoms with van der Waals surface area (Å²) in [7, 11) is 0. The first-order valence-corrected chi connectivity index (χ1v) is 5.88. The molecule has 1 aliphatic rings. The van der Waals surface area contributed by atoms with E-state index in [-0.39, 0.29) is 6.04 Å². The minimum atomic E-state index is 0.249. The van der Waals surface area contributed by atoms with Gasteiger partial charge in [0.2, 0.25) is 0 Å². The monoisotopic (exact) mass is 221 g/mol. The topological polar surface area (TPSA) is 41.5 Å². The van der Waals surface area contributed by atoms with E-state index in [0.29, 0.717) is 11.8 Å². The average molecular weight is 221 g/mol. The van der Waals surface area contributed by atoms with Crippen LogP contribution in [0.4, 0.5) is 0 Å². The summed E-state index contributed by atoms with van der Waals surface area (Å²) in [6.45, 7) is 3.80. The maximum Gasteiger partial charge on any atom is 0.115 e. The largest absolute Gasteiger partial charge is 0.508 e. The lowest BCUT2D eigenvalue weighted by molar-refractivity contribution is 0.0671. The Kier molecular flexibility index (Phi) is 3.80. The molecule has 1 heterocycles. The Hall–Kier alpha value is -1.06. The normalized spacial score (nSPS) is 22.9. The van der Waals surface area contributed by atoms with Crippen molar-refractivity contribution in [2.24, 2.45) is 0 Å². The molecule has 1 aromatic rings. The van der Waals surface area contributed by atoms with Crippen LogP contribution in [0.3, 0.4) is 0 Å². The molecule has 16 heavy (non-hydrogen) atoms. The Labute approximate surface area is 96.4 Å². The van der Waals surface area contributed by atoms with Gasteiger partial charge in [-0.25, -0.2) is 0 Å². The number of hydrogen-bond donors (Lipinski definition) is 2. The minimum Gasteiger partial charge on any atom is -0.508 e. The zero-order chi connectivity index (χ0) is 11.4. The quantitative estimate of drug-likeness (QED) is 0.822. The summed E-state index contributed by atoms with van der Waals surface area (Å²) >= 11 is 0. The van der Waals surface area contributed by atoms with Crippen molar-refractivity contribution in [3.8, 4) is 5.75 Å². The van der Waals surface area contributed by atoms with E-state index in [2.05, 4.69) is 12.2 Å². The van der Waals surface area contributed by atoms with Gasteiger partial charge in [-0.05, 0) is 37.5 Å². The molecule has 0 saturated carbocycles. The van der Waals surface area contributed by atoms with E-state index < -0.39 is 0 Å². The highest BCUT2D eigenvalue weighted by Crippen LogP contribution is 2.19. The van der Waals surface area contributed by atoms with E-state index in [1.54, 1.807) is 12.1 Å². The number of rotatable bonds is 3. The molecule has 0 spiro atoms. The van der Waals surface area contributed by atoms with Crippen molar-refractivity contribution in [1.29, 1.82) is 0 Å². The third kappa shape index (κ3) is 2.97. The molecule has 2 N–H and O–H groups in total. The number of phenolic OH excluding ortho intramolecular Hbond substituents is 1. The molecule has 2 unspecified atom stereocenters. The number of nitrogens with one attached hydrogen (secondary N) is 1. The van der Waals surface area contributed by atoms with Crippen LogP contribution < -0.4 is 5.32 Å². The Morgan fingerprint density at radius 1 is 1.50 bits per heavy atom. The standard InChI is InChI=1S/C13H19NO2/c1-10(11-4-2-6-13(15)8-11)14-12-5-3-7-16-9-12/h2,4,6,8,10,12,14-15H,3,5,7,9H2,1H3. The maximum atomic E-state index is 9.42.